The Morgan fingerprint density at radius 3 is 2.32 bits per heavy atom. The molecule has 5 heteroatoms. The summed E-state index contributed by atoms with van der Waals surface area (Å²) in [6.07, 6.45) is 10.7. The topological polar surface area (TPSA) is 89.6 Å². The van der Waals surface area contributed by atoms with E-state index < -0.39 is 6.10 Å². The van der Waals surface area contributed by atoms with Crippen molar-refractivity contribution < 1.29 is 19.4 Å². The number of carbonyl (C=O) groups excluding carboxylic acids is 2. The fraction of sp³-hybridized carbons (Fsp3) is 0.750. The van der Waals surface area contributed by atoms with E-state index >= 15 is 0 Å². The van der Waals surface area contributed by atoms with Crippen LogP contribution in [-0.2, 0) is 14.3 Å². The summed E-state index contributed by atoms with van der Waals surface area (Å²) >= 11 is 0. The lowest BCUT2D eigenvalue weighted by Gasteiger charge is -2.69. The molecular formula is C32H49NO4. The first-order valence-electron chi connectivity index (χ1n) is 14.3. The number of ketones is 1. The molecule has 37 heavy (non-hydrogen) atoms. The fourth-order valence-corrected chi connectivity index (χ4v) is 9.75. The smallest absolute Gasteiger partial charge is 0.303 e. The number of ether oxygens (including phenoxy) is 1. The predicted octanol–water partition coefficient (Wildman–Crippen LogP) is 5.91. The zero-order valence-electron chi connectivity index (χ0n) is 24.3. The summed E-state index contributed by atoms with van der Waals surface area (Å²) in [6.45, 7) is 16.6. The van der Waals surface area contributed by atoms with Gasteiger partial charge in [-0.25, -0.2) is 0 Å². The Hall–Kier alpha value is -1.72. The first-order valence-corrected chi connectivity index (χ1v) is 14.3. The molecule has 0 saturated heterocycles. The molecule has 4 fully saturated rings. The number of Topliss-reactive ketones (excluding diaryl/α,β-unsaturated/α-hetero) is 1. The summed E-state index contributed by atoms with van der Waals surface area (Å²) in [4.78, 5) is 25.3. The van der Waals surface area contributed by atoms with Crippen molar-refractivity contribution in [3.63, 3.8) is 0 Å². The molecule has 10 atom stereocenters. The van der Waals surface area contributed by atoms with Gasteiger partial charge >= 0.3 is 5.97 Å². The highest BCUT2D eigenvalue weighted by Gasteiger charge is 2.70. The normalized spacial score (nSPS) is 46.5. The Kier molecular flexibility index (Phi) is 7.48. The van der Waals surface area contributed by atoms with Crippen molar-refractivity contribution >= 4 is 11.8 Å². The molecule has 4 aliphatic carbocycles. The Balaban J connectivity index is 1.86. The first-order chi connectivity index (χ1) is 17.2. The monoisotopic (exact) mass is 511 g/mol. The Morgan fingerprint density at radius 2 is 1.73 bits per heavy atom. The summed E-state index contributed by atoms with van der Waals surface area (Å²) in [5, 5.41) is 10.7. The van der Waals surface area contributed by atoms with Gasteiger partial charge in [0.05, 0.1) is 6.10 Å². The SMILES string of the molecule is CC(=O)O[C@H]1C[C@@]2(C)[C@@H](C[C@H](N)[C@H]3[C@@]4(C)CC[C@@H](O)[C@@H](C)[C@@H]4CC[C@@]32C)/C1=C(\C=C/C=C(C)C)C(C)=O. The van der Waals surface area contributed by atoms with Crippen molar-refractivity contribution in [2.24, 2.45) is 45.7 Å². The predicted molar refractivity (Wildman–Crippen MR) is 147 cm³/mol. The lowest BCUT2D eigenvalue weighted by molar-refractivity contribution is -0.204. The fourth-order valence-electron chi connectivity index (χ4n) is 9.75. The Morgan fingerprint density at radius 1 is 1.05 bits per heavy atom. The van der Waals surface area contributed by atoms with Crippen molar-refractivity contribution in [1.82, 2.24) is 0 Å². The van der Waals surface area contributed by atoms with Crippen molar-refractivity contribution in [2.75, 3.05) is 0 Å². The molecule has 0 aromatic heterocycles. The van der Waals surface area contributed by atoms with Crippen molar-refractivity contribution in [3.05, 3.63) is 34.9 Å². The van der Waals surface area contributed by atoms with Gasteiger partial charge in [0.1, 0.15) is 6.10 Å². The van der Waals surface area contributed by atoms with E-state index in [0.29, 0.717) is 17.4 Å². The number of rotatable bonds is 4. The van der Waals surface area contributed by atoms with Crippen LogP contribution in [0.15, 0.2) is 34.9 Å². The van der Waals surface area contributed by atoms with Gasteiger partial charge < -0.3 is 15.6 Å². The highest BCUT2D eigenvalue weighted by atomic mass is 16.5. The van der Waals surface area contributed by atoms with E-state index in [-0.39, 0.29) is 52.0 Å². The number of aliphatic hydroxyl groups excluding tert-OH is 1. The van der Waals surface area contributed by atoms with Crippen molar-refractivity contribution in [1.29, 1.82) is 0 Å². The van der Waals surface area contributed by atoms with Crippen LogP contribution in [-0.4, -0.2) is 35.1 Å². The van der Waals surface area contributed by atoms with Crippen LogP contribution in [0.2, 0.25) is 0 Å². The van der Waals surface area contributed by atoms with E-state index in [9.17, 15) is 14.7 Å². The second-order valence-electron chi connectivity index (χ2n) is 13.7. The molecule has 0 aliphatic heterocycles. The van der Waals surface area contributed by atoms with Gasteiger partial charge in [0, 0.05) is 18.5 Å². The molecular weight excluding hydrogens is 462 g/mol. The van der Waals surface area contributed by atoms with Gasteiger partial charge in [-0.15, -0.1) is 0 Å². The lowest BCUT2D eigenvalue weighted by atomic mass is 9.36. The average Bonchev–Trinajstić information content (AvgIpc) is 3.05. The van der Waals surface area contributed by atoms with Crippen LogP contribution in [0.25, 0.3) is 0 Å². The number of nitrogens with two attached hydrogens (primary N) is 1. The maximum atomic E-state index is 13.0. The van der Waals surface area contributed by atoms with Gasteiger partial charge in [0.2, 0.25) is 0 Å². The third kappa shape index (κ3) is 4.38. The molecule has 4 rings (SSSR count). The van der Waals surface area contributed by atoms with Gasteiger partial charge in [-0.05, 0) is 105 Å². The molecule has 0 aromatic carbocycles. The average molecular weight is 512 g/mol. The van der Waals surface area contributed by atoms with E-state index in [1.54, 1.807) is 6.92 Å². The number of fused-ring (bicyclic) bond motifs is 5. The summed E-state index contributed by atoms with van der Waals surface area (Å²) in [5.74, 6) is 0.822. The number of aliphatic hydroxyl groups is 1. The van der Waals surface area contributed by atoms with Crippen molar-refractivity contribution in [2.45, 2.75) is 112 Å². The van der Waals surface area contributed by atoms with Crippen LogP contribution in [0.1, 0.15) is 93.9 Å². The zero-order valence-corrected chi connectivity index (χ0v) is 24.3. The number of hydrogen-bond acceptors (Lipinski definition) is 5. The standard InChI is InChI=1S/C32H49NO4/c1-18(2)10-9-11-22(20(4)34)28-24-16-25(33)29-30(6)14-13-26(36)19(3)23(30)12-15-31(29,7)32(24,8)17-27(28)37-21(5)35/h9-11,19,23-27,29,36H,12-17,33H2,1-8H3/b11-9-,28-22-/t19-,23-,24-,25-,26+,27-,29-,30-,31-,32-/m0/s1. The third-order valence-electron chi connectivity index (χ3n) is 11.5. The third-order valence-corrected chi connectivity index (χ3v) is 11.5. The number of hydrogen-bond donors (Lipinski definition) is 2. The van der Waals surface area contributed by atoms with Gasteiger partial charge in [-0.1, -0.05) is 51.5 Å². The van der Waals surface area contributed by atoms with Crippen molar-refractivity contribution in [3.8, 4) is 0 Å². The molecule has 0 heterocycles. The second kappa shape index (κ2) is 9.79. The van der Waals surface area contributed by atoms with Gasteiger partial charge in [0.15, 0.2) is 5.78 Å². The maximum Gasteiger partial charge on any atom is 0.303 e. The molecule has 0 spiro atoms. The molecule has 206 valence electrons. The Labute approximate surface area is 224 Å². The van der Waals surface area contributed by atoms with Gasteiger partial charge in [0.25, 0.3) is 0 Å². The molecule has 0 amide bonds. The maximum absolute atomic E-state index is 13.0. The quantitative estimate of drug-likeness (QED) is 0.278. The minimum absolute atomic E-state index is 0.00131. The van der Waals surface area contributed by atoms with E-state index in [1.165, 1.54) is 6.92 Å². The molecule has 5 nitrogen and oxygen atoms in total. The molecule has 0 radical (unpaired) electrons. The van der Waals surface area contributed by atoms with Crippen LogP contribution < -0.4 is 5.73 Å². The second-order valence-corrected chi connectivity index (χ2v) is 13.7. The van der Waals surface area contributed by atoms with Crippen LogP contribution >= 0.6 is 0 Å². The molecule has 0 unspecified atom stereocenters. The van der Waals surface area contributed by atoms with E-state index in [2.05, 4.69) is 27.7 Å². The highest BCUT2D eigenvalue weighted by Crippen LogP contribution is 2.74. The largest absolute Gasteiger partial charge is 0.458 e. The Bertz CT molecular complexity index is 1040. The summed E-state index contributed by atoms with van der Waals surface area (Å²) in [7, 11) is 0. The van der Waals surface area contributed by atoms with Gasteiger partial charge in [-0.2, -0.15) is 0 Å². The number of allylic oxidation sites excluding steroid dienone is 5. The lowest BCUT2D eigenvalue weighted by Crippen LogP contribution is -2.67. The zero-order chi connectivity index (χ0) is 27.5. The minimum atomic E-state index is -0.414. The molecule has 0 bridgehead atoms. The minimum Gasteiger partial charge on any atom is -0.458 e. The number of esters is 1. The molecule has 4 aliphatic rings. The summed E-state index contributed by atoms with van der Waals surface area (Å²) in [6, 6.07) is -0.0145. The van der Waals surface area contributed by atoms with E-state index in [1.807, 2.05) is 32.1 Å². The van der Waals surface area contributed by atoms with E-state index in [0.717, 1.165) is 49.7 Å². The van der Waals surface area contributed by atoms with Crippen LogP contribution in [0.5, 0.6) is 0 Å². The summed E-state index contributed by atoms with van der Waals surface area (Å²) < 4.78 is 5.99. The van der Waals surface area contributed by atoms with Crippen LogP contribution in [0.3, 0.4) is 0 Å². The molecule has 0 aromatic rings. The van der Waals surface area contributed by atoms with E-state index in [4.69, 9.17) is 10.5 Å². The van der Waals surface area contributed by atoms with Crippen LogP contribution in [0, 0.1) is 39.9 Å². The molecule has 4 saturated carbocycles. The highest BCUT2D eigenvalue weighted by molar-refractivity contribution is 5.97. The summed E-state index contributed by atoms with van der Waals surface area (Å²) in [5.41, 5.74) is 9.83. The number of carbonyl (C=O) groups is 2. The molecule has 3 N–H and O–H groups in total. The van der Waals surface area contributed by atoms with Gasteiger partial charge in [-0.3, -0.25) is 9.59 Å². The first kappa shape index (κ1) is 28.3. The van der Waals surface area contributed by atoms with Crippen LogP contribution in [0.4, 0.5) is 0 Å².